The third kappa shape index (κ3) is 1.04. The first-order valence-corrected chi connectivity index (χ1v) is 4.72. The lowest BCUT2D eigenvalue weighted by molar-refractivity contribution is -0.0269. The maximum absolute atomic E-state index is 5.14. The third-order valence-electron chi connectivity index (χ3n) is 2.54. The molecule has 0 bridgehead atoms. The van der Waals surface area contributed by atoms with Crippen LogP contribution in [0.5, 0.6) is 0 Å². The molecule has 0 aromatic carbocycles. The average molecular weight is 189 g/mol. The molecule has 14 heavy (non-hydrogen) atoms. The number of aryl methyl sites for hydroxylation is 1. The number of nitrogens with zero attached hydrogens (tertiary/aromatic N) is 3. The van der Waals surface area contributed by atoms with Gasteiger partial charge in [0.2, 0.25) is 0 Å². The van der Waals surface area contributed by atoms with Crippen LogP contribution >= 0.6 is 0 Å². The zero-order chi connectivity index (χ0) is 9.54. The van der Waals surface area contributed by atoms with E-state index in [1.807, 2.05) is 24.0 Å². The summed E-state index contributed by atoms with van der Waals surface area (Å²) >= 11 is 0. The Balaban J connectivity index is 2.16. The monoisotopic (exact) mass is 189 g/mol. The van der Waals surface area contributed by atoms with Crippen LogP contribution in [0.1, 0.15) is 11.6 Å². The van der Waals surface area contributed by atoms with Gasteiger partial charge in [0.15, 0.2) is 5.65 Å². The van der Waals surface area contributed by atoms with Gasteiger partial charge in [0.25, 0.3) is 0 Å². The van der Waals surface area contributed by atoms with Gasteiger partial charge in [-0.3, -0.25) is 0 Å². The average Bonchev–Trinajstić information content (AvgIpc) is 2.45. The zero-order valence-corrected chi connectivity index (χ0v) is 7.97. The highest BCUT2D eigenvalue weighted by Crippen LogP contribution is 2.21. The lowest BCUT2D eigenvalue weighted by Gasteiger charge is -2.26. The fraction of sp³-hybridized carbons (Fsp3) is 0.400. The van der Waals surface area contributed by atoms with Crippen molar-refractivity contribution in [2.24, 2.45) is 0 Å². The van der Waals surface area contributed by atoms with E-state index in [0.717, 1.165) is 24.2 Å². The second kappa shape index (κ2) is 2.78. The van der Waals surface area contributed by atoms with Crippen molar-refractivity contribution < 1.29 is 4.74 Å². The second-order valence-electron chi connectivity index (χ2n) is 3.71. The molecule has 1 aliphatic heterocycles. The van der Waals surface area contributed by atoms with E-state index >= 15 is 0 Å². The molecule has 4 nitrogen and oxygen atoms in total. The van der Waals surface area contributed by atoms with Gasteiger partial charge in [-0.1, -0.05) is 0 Å². The predicted molar refractivity (Wildman–Crippen MR) is 52.1 cm³/mol. The summed E-state index contributed by atoms with van der Waals surface area (Å²) in [5.41, 5.74) is 2.13. The molecule has 72 valence electrons. The Kier molecular flexibility index (Phi) is 1.58. The van der Waals surface area contributed by atoms with Gasteiger partial charge in [-0.15, -0.1) is 0 Å². The largest absolute Gasteiger partial charge is 0.377 e. The van der Waals surface area contributed by atoms with Crippen LogP contribution in [0.2, 0.25) is 0 Å². The number of aromatic nitrogens is 3. The van der Waals surface area contributed by atoms with Crippen LogP contribution in [0.3, 0.4) is 0 Å². The molecule has 2 aromatic rings. The summed E-state index contributed by atoms with van der Waals surface area (Å²) in [5, 5.41) is 5.44. The molecular weight excluding hydrogens is 178 g/mol. The van der Waals surface area contributed by atoms with Crippen molar-refractivity contribution in [1.82, 2.24) is 14.8 Å². The first-order chi connectivity index (χ1) is 6.84. The SMILES string of the molecule is Cc1cnc2c(cnn2C2COC2)c1. The van der Waals surface area contributed by atoms with E-state index in [1.165, 1.54) is 5.56 Å². The summed E-state index contributed by atoms with van der Waals surface area (Å²) in [4.78, 5) is 4.39. The van der Waals surface area contributed by atoms with Crippen LogP contribution in [0, 0.1) is 6.92 Å². The van der Waals surface area contributed by atoms with Gasteiger partial charge in [-0.2, -0.15) is 5.10 Å². The molecule has 0 aliphatic carbocycles. The van der Waals surface area contributed by atoms with Crippen molar-refractivity contribution in [2.75, 3.05) is 13.2 Å². The normalized spacial score (nSPS) is 17.2. The van der Waals surface area contributed by atoms with Gasteiger partial charge in [0.1, 0.15) is 6.04 Å². The number of rotatable bonds is 1. The van der Waals surface area contributed by atoms with Crippen molar-refractivity contribution in [3.05, 3.63) is 24.0 Å². The topological polar surface area (TPSA) is 39.9 Å². The molecule has 0 spiro atoms. The van der Waals surface area contributed by atoms with Crippen LogP contribution in [-0.4, -0.2) is 28.0 Å². The fourth-order valence-electron chi connectivity index (χ4n) is 1.68. The first kappa shape index (κ1) is 7.94. The Hall–Kier alpha value is -1.42. The molecular formula is C10H11N3O. The van der Waals surface area contributed by atoms with Crippen molar-refractivity contribution in [1.29, 1.82) is 0 Å². The molecule has 0 N–H and O–H groups in total. The van der Waals surface area contributed by atoms with Gasteiger partial charge < -0.3 is 4.74 Å². The van der Waals surface area contributed by atoms with Crippen LogP contribution in [0.25, 0.3) is 11.0 Å². The molecule has 3 heterocycles. The van der Waals surface area contributed by atoms with Gasteiger partial charge in [0, 0.05) is 11.6 Å². The summed E-state index contributed by atoms with van der Waals surface area (Å²) in [7, 11) is 0. The minimum atomic E-state index is 0.378. The Bertz CT molecular complexity index is 473. The second-order valence-corrected chi connectivity index (χ2v) is 3.71. The fourth-order valence-corrected chi connectivity index (χ4v) is 1.68. The highest BCUT2D eigenvalue weighted by Gasteiger charge is 2.23. The van der Waals surface area contributed by atoms with Crippen LogP contribution < -0.4 is 0 Å². The number of hydrogen-bond donors (Lipinski definition) is 0. The minimum absolute atomic E-state index is 0.378. The molecule has 1 fully saturated rings. The van der Waals surface area contributed by atoms with E-state index in [-0.39, 0.29) is 0 Å². The van der Waals surface area contributed by atoms with Crippen LogP contribution in [0.15, 0.2) is 18.5 Å². The summed E-state index contributed by atoms with van der Waals surface area (Å²) in [5.74, 6) is 0. The standard InChI is InChI=1S/C10H11N3O/c1-7-2-8-4-12-13(9-5-14-6-9)10(8)11-3-7/h2-4,9H,5-6H2,1H3. The minimum Gasteiger partial charge on any atom is -0.377 e. The number of pyridine rings is 1. The van der Waals surface area contributed by atoms with E-state index in [9.17, 15) is 0 Å². The molecule has 1 saturated heterocycles. The zero-order valence-electron chi connectivity index (χ0n) is 7.97. The molecule has 1 aliphatic rings. The van der Waals surface area contributed by atoms with Crippen molar-refractivity contribution in [3.8, 4) is 0 Å². The van der Waals surface area contributed by atoms with E-state index in [2.05, 4.69) is 16.1 Å². The molecule has 0 saturated carbocycles. The molecule has 0 radical (unpaired) electrons. The van der Waals surface area contributed by atoms with E-state index in [4.69, 9.17) is 4.74 Å². The van der Waals surface area contributed by atoms with Gasteiger partial charge in [-0.05, 0) is 18.6 Å². The smallest absolute Gasteiger partial charge is 0.158 e. The van der Waals surface area contributed by atoms with E-state index in [0.29, 0.717) is 6.04 Å². The Morgan fingerprint density at radius 2 is 2.29 bits per heavy atom. The third-order valence-corrected chi connectivity index (χ3v) is 2.54. The van der Waals surface area contributed by atoms with Gasteiger partial charge >= 0.3 is 0 Å². The number of hydrogen-bond acceptors (Lipinski definition) is 3. The first-order valence-electron chi connectivity index (χ1n) is 4.72. The molecule has 0 unspecified atom stereocenters. The van der Waals surface area contributed by atoms with Crippen molar-refractivity contribution in [2.45, 2.75) is 13.0 Å². The molecule has 0 amide bonds. The van der Waals surface area contributed by atoms with Gasteiger partial charge in [0.05, 0.1) is 19.4 Å². The van der Waals surface area contributed by atoms with Crippen molar-refractivity contribution in [3.63, 3.8) is 0 Å². The predicted octanol–water partition coefficient (Wildman–Crippen LogP) is 1.31. The summed E-state index contributed by atoms with van der Waals surface area (Å²) in [6.07, 6.45) is 3.74. The molecule has 4 heteroatoms. The number of ether oxygens (including phenoxy) is 1. The summed E-state index contributed by atoms with van der Waals surface area (Å²) in [6, 6.07) is 2.48. The van der Waals surface area contributed by atoms with Crippen LogP contribution in [-0.2, 0) is 4.74 Å². The lowest BCUT2D eigenvalue weighted by atomic mass is 10.2. The Morgan fingerprint density at radius 1 is 1.43 bits per heavy atom. The van der Waals surface area contributed by atoms with Crippen LogP contribution in [0.4, 0.5) is 0 Å². The summed E-state index contributed by atoms with van der Waals surface area (Å²) in [6.45, 7) is 3.55. The quantitative estimate of drug-likeness (QED) is 0.679. The Labute approximate surface area is 81.5 Å². The Morgan fingerprint density at radius 3 is 3.00 bits per heavy atom. The lowest BCUT2D eigenvalue weighted by Crippen LogP contribution is -2.31. The van der Waals surface area contributed by atoms with Crippen molar-refractivity contribution >= 4 is 11.0 Å². The van der Waals surface area contributed by atoms with E-state index in [1.54, 1.807) is 0 Å². The van der Waals surface area contributed by atoms with Gasteiger partial charge in [-0.25, -0.2) is 9.67 Å². The van der Waals surface area contributed by atoms with E-state index < -0.39 is 0 Å². The molecule has 0 atom stereocenters. The highest BCUT2D eigenvalue weighted by atomic mass is 16.5. The number of fused-ring (bicyclic) bond motifs is 1. The summed E-state index contributed by atoms with van der Waals surface area (Å²) < 4.78 is 7.10. The molecule has 2 aromatic heterocycles. The molecule has 3 rings (SSSR count). The maximum atomic E-state index is 5.14. The maximum Gasteiger partial charge on any atom is 0.158 e. The highest BCUT2D eigenvalue weighted by molar-refractivity contribution is 5.75.